The van der Waals surface area contributed by atoms with Crippen LogP contribution >= 0.6 is 7.60 Å². The number of carbonyl (C=O) groups is 4. The van der Waals surface area contributed by atoms with Crippen LogP contribution in [-0.4, -0.2) is 55.3 Å². The molecule has 1 amide bonds. The number of carboxylic acid groups (broad SMARTS) is 1. The van der Waals surface area contributed by atoms with Crippen molar-refractivity contribution in [2.75, 3.05) is 12.8 Å². The second-order valence-corrected chi connectivity index (χ2v) is 13.3. The Kier molecular flexibility index (Phi) is 19.3. The normalized spacial score (nSPS) is 14.3. The molecule has 2 aromatic rings. The van der Waals surface area contributed by atoms with Crippen LogP contribution in [0.1, 0.15) is 66.4 Å². The Morgan fingerprint density at radius 3 is 1.72 bits per heavy atom. The van der Waals surface area contributed by atoms with Crippen LogP contribution in [0.15, 0.2) is 54.6 Å². The van der Waals surface area contributed by atoms with E-state index in [0.29, 0.717) is 0 Å². The van der Waals surface area contributed by atoms with Crippen molar-refractivity contribution in [1.29, 1.82) is 0 Å². The number of rotatable bonds is 20. The first-order chi connectivity index (χ1) is 21.8. The Hall–Kier alpha value is -2.57. The van der Waals surface area contributed by atoms with Crippen molar-refractivity contribution in [1.82, 2.24) is 10.6 Å². The summed E-state index contributed by atoms with van der Waals surface area (Å²) < 4.78 is 36.8. The van der Waals surface area contributed by atoms with Crippen molar-refractivity contribution >= 4 is 31.4 Å². The maximum Gasteiger partial charge on any atom is 1.00 e. The fraction of sp³-hybridized carbons (Fsp3) is 0.515. The molecule has 2 aromatic carbocycles. The molecule has 0 spiro atoms. The van der Waals surface area contributed by atoms with Gasteiger partial charge in [-0.25, -0.2) is 0 Å². The zero-order chi connectivity index (χ0) is 34.3. The van der Waals surface area contributed by atoms with Crippen LogP contribution in [0.3, 0.4) is 0 Å². The molecule has 0 aliphatic rings. The van der Waals surface area contributed by atoms with Crippen LogP contribution in [0, 0.1) is 11.8 Å². The average Bonchev–Trinajstić information content (AvgIpc) is 3.02. The van der Waals surface area contributed by atoms with Gasteiger partial charge in [-0.15, -0.1) is 0 Å². The van der Waals surface area contributed by atoms with Crippen molar-refractivity contribution in [2.45, 2.75) is 85.8 Å². The first kappa shape index (κ1) is 42.5. The molecule has 2 N–H and O–H groups in total. The van der Waals surface area contributed by atoms with Gasteiger partial charge in [0.25, 0.3) is 0 Å². The van der Waals surface area contributed by atoms with E-state index in [-0.39, 0.29) is 55.4 Å². The van der Waals surface area contributed by atoms with Crippen LogP contribution in [0.5, 0.6) is 0 Å². The molecule has 0 fully saturated rings. The molecular weight excluding hydrogens is 638 g/mol. The SMILES string of the molecule is CCC(=O)OC(OP(=O)(CNC(Cc1ccc(-c2ccccc2)cc1)C(=O)NCCC(=O)[O-])O[C@H](OC(=O)CC)C(C)C)C(C)C.[Na+]. The number of carbonyl (C=O) groups excluding carboxylic acids is 4. The summed E-state index contributed by atoms with van der Waals surface area (Å²) in [5.41, 5.74) is 2.75. The molecule has 0 heterocycles. The third kappa shape index (κ3) is 15.5. The van der Waals surface area contributed by atoms with E-state index < -0.39 is 74.6 Å². The summed E-state index contributed by atoms with van der Waals surface area (Å²) in [5, 5.41) is 16.4. The largest absolute Gasteiger partial charge is 1.00 e. The summed E-state index contributed by atoms with van der Waals surface area (Å²) in [6, 6.07) is 16.3. The Morgan fingerprint density at radius 1 is 0.787 bits per heavy atom. The maximum atomic E-state index is 14.4. The topological polar surface area (TPSA) is 169 Å². The van der Waals surface area contributed by atoms with Crippen LogP contribution in [-0.2, 0) is 48.7 Å². The molecule has 254 valence electrons. The van der Waals surface area contributed by atoms with Gasteiger partial charge in [-0.2, -0.15) is 0 Å². The van der Waals surface area contributed by atoms with Gasteiger partial charge < -0.3 is 24.7 Å². The molecule has 47 heavy (non-hydrogen) atoms. The maximum absolute atomic E-state index is 14.4. The summed E-state index contributed by atoms with van der Waals surface area (Å²) in [7, 11) is -4.31. The molecule has 12 nitrogen and oxygen atoms in total. The van der Waals surface area contributed by atoms with Crippen LogP contribution < -0.4 is 45.3 Å². The number of esters is 2. The van der Waals surface area contributed by atoms with Crippen molar-refractivity contribution in [3.63, 3.8) is 0 Å². The molecule has 0 aromatic heterocycles. The minimum Gasteiger partial charge on any atom is -0.550 e. The molecular formula is C33H46N2NaO10P. The second kappa shape index (κ2) is 21.4. The summed E-state index contributed by atoms with van der Waals surface area (Å²) in [6.07, 6.45) is -3.24. The van der Waals surface area contributed by atoms with Gasteiger partial charge in [0.15, 0.2) is 0 Å². The van der Waals surface area contributed by atoms with E-state index >= 15 is 0 Å². The minimum absolute atomic E-state index is 0. The van der Waals surface area contributed by atoms with Crippen molar-refractivity contribution in [3.05, 3.63) is 60.2 Å². The fourth-order valence-electron chi connectivity index (χ4n) is 3.99. The Morgan fingerprint density at radius 2 is 1.28 bits per heavy atom. The molecule has 14 heteroatoms. The molecule has 0 bridgehead atoms. The predicted octanol–water partition coefficient (Wildman–Crippen LogP) is 1.17. The van der Waals surface area contributed by atoms with Gasteiger partial charge in [-0.1, -0.05) is 96.1 Å². The molecule has 3 unspecified atom stereocenters. The Balaban J connectivity index is 0.0000110. The molecule has 4 atom stereocenters. The number of ether oxygens (including phenoxy) is 2. The van der Waals surface area contributed by atoms with Gasteiger partial charge in [0.1, 0.15) is 0 Å². The van der Waals surface area contributed by atoms with E-state index in [1.54, 1.807) is 41.5 Å². The molecule has 0 aliphatic heterocycles. The molecule has 2 rings (SSSR count). The van der Waals surface area contributed by atoms with E-state index in [4.69, 9.17) is 18.5 Å². The van der Waals surface area contributed by atoms with Crippen molar-refractivity contribution in [3.8, 4) is 11.1 Å². The zero-order valence-corrected chi connectivity index (χ0v) is 31.2. The van der Waals surface area contributed by atoms with Crippen LogP contribution in [0.25, 0.3) is 11.1 Å². The van der Waals surface area contributed by atoms with Crippen LogP contribution in [0.4, 0.5) is 0 Å². The van der Waals surface area contributed by atoms with E-state index in [0.717, 1.165) is 16.7 Å². The quantitative estimate of drug-likeness (QED) is 0.0889. The minimum atomic E-state index is -4.31. The van der Waals surface area contributed by atoms with Gasteiger partial charge in [0, 0.05) is 43.6 Å². The summed E-state index contributed by atoms with van der Waals surface area (Å²) >= 11 is 0. The summed E-state index contributed by atoms with van der Waals surface area (Å²) in [6.45, 7) is 9.84. The summed E-state index contributed by atoms with van der Waals surface area (Å²) in [4.78, 5) is 48.5. The number of nitrogens with one attached hydrogen (secondary N) is 2. The third-order valence-corrected chi connectivity index (χ3v) is 8.30. The number of carboxylic acids is 1. The average molecular weight is 685 g/mol. The van der Waals surface area contributed by atoms with E-state index in [2.05, 4.69) is 10.6 Å². The van der Waals surface area contributed by atoms with Crippen LogP contribution in [0.2, 0.25) is 0 Å². The van der Waals surface area contributed by atoms with Gasteiger partial charge in [0.05, 0.1) is 12.3 Å². The molecule has 0 aliphatic carbocycles. The first-order valence-electron chi connectivity index (χ1n) is 15.5. The smallest absolute Gasteiger partial charge is 0.550 e. The number of aliphatic carboxylic acids is 1. The van der Waals surface area contributed by atoms with Crippen molar-refractivity contribution < 1.29 is 76.9 Å². The van der Waals surface area contributed by atoms with Gasteiger partial charge in [-0.3, -0.25) is 33.3 Å². The molecule has 0 radical (unpaired) electrons. The third-order valence-electron chi connectivity index (χ3n) is 6.67. The van der Waals surface area contributed by atoms with Gasteiger partial charge in [0.2, 0.25) is 18.5 Å². The second-order valence-electron chi connectivity index (χ2n) is 11.3. The fourth-order valence-corrected chi connectivity index (χ4v) is 5.84. The van der Waals surface area contributed by atoms with E-state index in [1.165, 1.54) is 0 Å². The first-order valence-corrected chi connectivity index (χ1v) is 17.2. The molecule has 0 saturated carbocycles. The van der Waals surface area contributed by atoms with E-state index in [9.17, 15) is 28.8 Å². The monoisotopic (exact) mass is 684 g/mol. The zero-order valence-electron chi connectivity index (χ0n) is 28.4. The summed E-state index contributed by atoms with van der Waals surface area (Å²) in [5.74, 6) is -3.92. The standard InChI is InChI=1S/C33H47N2O10P.Na/c1-7-29(38)42-32(22(3)4)44-46(41,45-33(23(5)6)43-30(39)8-2)21-35-27(31(40)34-19-18-28(36)37)20-24-14-16-26(17-15-24)25-12-10-9-11-13-25;/h9-17,22-23,27,32-33,35H,7-8,18-21H2,1-6H3,(H,34,40)(H,36,37);/q;+1/p-1/t27?,32-,33?,46?;/m0./s1. The predicted molar refractivity (Wildman–Crippen MR) is 170 cm³/mol. The van der Waals surface area contributed by atoms with Gasteiger partial charge in [-0.05, 0) is 23.1 Å². The van der Waals surface area contributed by atoms with E-state index in [1.807, 2.05) is 54.6 Å². The number of hydrogen-bond donors (Lipinski definition) is 2. The molecule has 0 saturated heterocycles. The van der Waals surface area contributed by atoms with Gasteiger partial charge >= 0.3 is 49.1 Å². The number of benzene rings is 2. The Labute approximate surface area is 299 Å². The number of amides is 1. The Bertz CT molecular complexity index is 1290. The van der Waals surface area contributed by atoms with Crippen molar-refractivity contribution in [2.24, 2.45) is 11.8 Å². The number of hydrogen-bond acceptors (Lipinski definition) is 11.